The average molecular weight is 275 g/mol. The molecule has 0 aliphatic heterocycles. The van der Waals surface area contributed by atoms with Crippen LogP contribution in [0.1, 0.15) is 0 Å². The van der Waals surface area contributed by atoms with E-state index >= 15 is 0 Å². The molecule has 0 radical (unpaired) electrons. The maximum absolute atomic E-state index is 5.63. The molecule has 17 heavy (non-hydrogen) atoms. The van der Waals surface area contributed by atoms with Crippen molar-refractivity contribution in [3.8, 4) is 5.75 Å². The molecule has 94 valence electrons. The summed E-state index contributed by atoms with van der Waals surface area (Å²) in [6, 6.07) is 9.93. The van der Waals surface area contributed by atoms with Crippen molar-refractivity contribution in [1.82, 2.24) is 10.3 Å². The highest BCUT2D eigenvalue weighted by Gasteiger charge is 2.01. The minimum absolute atomic E-state index is 0. The predicted octanol–water partition coefficient (Wildman–Crippen LogP) is 2.68. The number of para-hydroxylation sites is 1. The molecule has 1 heterocycles. The molecular formula is C12H16Cl2N2O. The number of hydrogen-bond donors (Lipinski definition) is 1. The number of fused-ring (bicyclic) bond motifs is 1. The van der Waals surface area contributed by atoms with E-state index in [9.17, 15) is 0 Å². The van der Waals surface area contributed by atoms with Crippen molar-refractivity contribution >= 4 is 35.7 Å². The average Bonchev–Trinajstić information content (AvgIpc) is 2.30. The fourth-order valence-corrected chi connectivity index (χ4v) is 1.46. The summed E-state index contributed by atoms with van der Waals surface area (Å²) in [7, 11) is 1.91. The van der Waals surface area contributed by atoms with Crippen LogP contribution in [0.2, 0.25) is 0 Å². The Morgan fingerprint density at radius 2 is 1.94 bits per heavy atom. The molecule has 1 N–H and O–H groups in total. The number of nitrogens with zero attached hydrogens (tertiary/aromatic N) is 1. The van der Waals surface area contributed by atoms with E-state index in [0.717, 1.165) is 23.2 Å². The summed E-state index contributed by atoms with van der Waals surface area (Å²) in [5, 5.41) is 4.15. The quantitative estimate of drug-likeness (QED) is 0.871. The lowest BCUT2D eigenvalue weighted by molar-refractivity contribution is 0.321. The zero-order valence-corrected chi connectivity index (χ0v) is 11.2. The second kappa shape index (κ2) is 8.12. The van der Waals surface area contributed by atoms with Gasteiger partial charge in [-0.3, -0.25) is 4.98 Å². The van der Waals surface area contributed by atoms with Gasteiger partial charge in [-0.25, -0.2) is 0 Å². The Bertz CT molecular complexity index is 446. The summed E-state index contributed by atoms with van der Waals surface area (Å²) < 4.78 is 5.63. The lowest BCUT2D eigenvalue weighted by atomic mass is 10.2. The van der Waals surface area contributed by atoms with Gasteiger partial charge in [0.1, 0.15) is 17.9 Å². The Balaban J connectivity index is 0.00000128. The Labute approximate surface area is 113 Å². The smallest absolute Gasteiger partial charge is 0.145 e. The highest BCUT2D eigenvalue weighted by atomic mass is 35.5. The van der Waals surface area contributed by atoms with Gasteiger partial charge in [0.15, 0.2) is 0 Å². The van der Waals surface area contributed by atoms with E-state index in [2.05, 4.69) is 10.3 Å². The summed E-state index contributed by atoms with van der Waals surface area (Å²) in [5.74, 6) is 0.850. The lowest BCUT2D eigenvalue weighted by Crippen LogP contribution is -2.16. The molecule has 3 nitrogen and oxygen atoms in total. The van der Waals surface area contributed by atoms with Gasteiger partial charge in [0, 0.05) is 18.1 Å². The van der Waals surface area contributed by atoms with Crippen LogP contribution < -0.4 is 10.1 Å². The molecule has 0 saturated carbocycles. The molecule has 1 aromatic heterocycles. The van der Waals surface area contributed by atoms with E-state index < -0.39 is 0 Å². The maximum atomic E-state index is 5.63. The third kappa shape index (κ3) is 4.04. The van der Waals surface area contributed by atoms with Gasteiger partial charge in [-0.2, -0.15) is 0 Å². The van der Waals surface area contributed by atoms with Gasteiger partial charge in [0.05, 0.1) is 0 Å². The van der Waals surface area contributed by atoms with Crippen molar-refractivity contribution in [1.29, 1.82) is 0 Å². The van der Waals surface area contributed by atoms with E-state index in [1.807, 2.05) is 37.4 Å². The Morgan fingerprint density at radius 3 is 2.71 bits per heavy atom. The van der Waals surface area contributed by atoms with Crippen LogP contribution in [0.4, 0.5) is 0 Å². The number of likely N-dealkylation sites (N-methyl/N-ethyl adjacent to an activating group) is 1. The van der Waals surface area contributed by atoms with E-state index in [0.29, 0.717) is 6.61 Å². The monoisotopic (exact) mass is 274 g/mol. The summed E-state index contributed by atoms with van der Waals surface area (Å²) in [5.41, 5.74) is 0.927. The number of hydrogen-bond acceptors (Lipinski definition) is 3. The number of halogens is 2. The molecular weight excluding hydrogens is 259 g/mol. The lowest BCUT2D eigenvalue weighted by Gasteiger charge is -2.07. The minimum atomic E-state index is 0. The first-order chi connectivity index (χ1) is 7.42. The molecule has 0 aliphatic rings. The van der Waals surface area contributed by atoms with Crippen LogP contribution in [-0.2, 0) is 0 Å². The maximum Gasteiger partial charge on any atom is 0.145 e. The van der Waals surface area contributed by atoms with E-state index in [1.165, 1.54) is 0 Å². The van der Waals surface area contributed by atoms with Crippen LogP contribution in [-0.4, -0.2) is 25.2 Å². The van der Waals surface area contributed by atoms with Gasteiger partial charge in [0.25, 0.3) is 0 Å². The van der Waals surface area contributed by atoms with Gasteiger partial charge in [-0.05, 0) is 19.2 Å². The molecule has 1 aromatic carbocycles. The first-order valence-electron chi connectivity index (χ1n) is 5.03. The van der Waals surface area contributed by atoms with Crippen molar-refractivity contribution in [2.45, 2.75) is 0 Å². The van der Waals surface area contributed by atoms with E-state index in [-0.39, 0.29) is 24.8 Å². The summed E-state index contributed by atoms with van der Waals surface area (Å²) >= 11 is 0. The second-order valence-electron chi connectivity index (χ2n) is 3.28. The van der Waals surface area contributed by atoms with Gasteiger partial charge in [-0.15, -0.1) is 24.8 Å². The van der Waals surface area contributed by atoms with Crippen LogP contribution in [0.3, 0.4) is 0 Å². The van der Waals surface area contributed by atoms with Gasteiger partial charge >= 0.3 is 0 Å². The molecule has 0 saturated heterocycles. The number of benzene rings is 1. The number of pyridine rings is 1. The van der Waals surface area contributed by atoms with Crippen molar-refractivity contribution < 1.29 is 4.74 Å². The number of ether oxygens (including phenoxy) is 1. The van der Waals surface area contributed by atoms with Crippen molar-refractivity contribution in [3.05, 3.63) is 36.5 Å². The molecule has 5 heteroatoms. The van der Waals surface area contributed by atoms with Gasteiger partial charge < -0.3 is 10.1 Å². The van der Waals surface area contributed by atoms with Crippen LogP contribution in [0, 0.1) is 0 Å². The van der Waals surface area contributed by atoms with E-state index in [4.69, 9.17) is 4.74 Å². The molecule has 2 aromatic rings. The number of rotatable bonds is 4. The topological polar surface area (TPSA) is 34.1 Å². The molecule has 0 bridgehead atoms. The zero-order valence-electron chi connectivity index (χ0n) is 9.55. The predicted molar refractivity (Wildman–Crippen MR) is 75.7 cm³/mol. The van der Waals surface area contributed by atoms with Gasteiger partial charge in [0.2, 0.25) is 0 Å². The molecule has 0 spiro atoms. The molecule has 0 unspecified atom stereocenters. The molecule has 0 amide bonds. The second-order valence-corrected chi connectivity index (χ2v) is 3.28. The summed E-state index contributed by atoms with van der Waals surface area (Å²) in [4.78, 5) is 4.31. The number of nitrogens with one attached hydrogen (secondary N) is 1. The zero-order chi connectivity index (χ0) is 10.5. The van der Waals surface area contributed by atoms with Crippen molar-refractivity contribution in [2.24, 2.45) is 0 Å². The third-order valence-electron chi connectivity index (χ3n) is 2.21. The Morgan fingerprint density at radius 1 is 1.18 bits per heavy atom. The molecule has 2 rings (SSSR count). The first-order valence-corrected chi connectivity index (χ1v) is 5.03. The normalized spacial score (nSPS) is 9.24. The standard InChI is InChI=1S/C12H14N2O.2ClH/c1-13-8-9-15-11-6-2-4-10-5-3-7-14-12(10)11;;/h2-7,13H,8-9H2,1H3;2*1H. The fourth-order valence-electron chi connectivity index (χ4n) is 1.46. The SMILES string of the molecule is CNCCOc1cccc2cccnc12.Cl.Cl. The van der Waals surface area contributed by atoms with Crippen LogP contribution in [0.25, 0.3) is 10.9 Å². The van der Waals surface area contributed by atoms with E-state index in [1.54, 1.807) is 6.20 Å². The molecule has 0 atom stereocenters. The largest absolute Gasteiger partial charge is 0.490 e. The van der Waals surface area contributed by atoms with Crippen LogP contribution >= 0.6 is 24.8 Å². The van der Waals surface area contributed by atoms with Gasteiger partial charge in [-0.1, -0.05) is 18.2 Å². The summed E-state index contributed by atoms with van der Waals surface area (Å²) in [6.07, 6.45) is 1.78. The van der Waals surface area contributed by atoms with Crippen LogP contribution in [0.5, 0.6) is 5.75 Å². The summed E-state index contributed by atoms with van der Waals surface area (Å²) in [6.45, 7) is 1.50. The van der Waals surface area contributed by atoms with Crippen molar-refractivity contribution in [3.63, 3.8) is 0 Å². The highest BCUT2D eigenvalue weighted by molar-refractivity contribution is 5.85. The highest BCUT2D eigenvalue weighted by Crippen LogP contribution is 2.22. The van der Waals surface area contributed by atoms with Crippen LogP contribution in [0.15, 0.2) is 36.5 Å². The Hall–Kier alpha value is -1.03. The third-order valence-corrected chi connectivity index (χ3v) is 2.21. The molecule has 0 aliphatic carbocycles. The fraction of sp³-hybridized carbons (Fsp3) is 0.250. The first kappa shape index (κ1) is 16.0. The number of aromatic nitrogens is 1. The minimum Gasteiger partial charge on any atom is -0.490 e. The molecule has 0 fully saturated rings. The van der Waals surface area contributed by atoms with Crippen molar-refractivity contribution in [2.75, 3.05) is 20.2 Å². The Kier molecular flexibility index (Phi) is 7.63.